The number of hydrogen-bond acceptors (Lipinski definition) is 2. The SMILES string of the molecule is C=CC=C.C=CCOC(=O)C(=C)C. The van der Waals surface area contributed by atoms with Crippen LogP contribution in [0.5, 0.6) is 0 Å². The van der Waals surface area contributed by atoms with Crippen molar-refractivity contribution in [2.75, 3.05) is 6.61 Å². The van der Waals surface area contributed by atoms with Gasteiger partial charge >= 0.3 is 5.97 Å². The maximum atomic E-state index is 10.5. The van der Waals surface area contributed by atoms with Gasteiger partial charge in [-0.05, 0) is 6.92 Å². The lowest BCUT2D eigenvalue weighted by Gasteiger charge is -1.97. The van der Waals surface area contributed by atoms with Crippen LogP contribution >= 0.6 is 0 Å². The van der Waals surface area contributed by atoms with E-state index in [0.29, 0.717) is 5.57 Å². The monoisotopic (exact) mass is 180 g/mol. The molecule has 0 aliphatic carbocycles. The summed E-state index contributed by atoms with van der Waals surface area (Å²) in [6, 6.07) is 0. The molecule has 0 N–H and O–H groups in total. The van der Waals surface area contributed by atoms with E-state index in [1.165, 1.54) is 6.08 Å². The summed E-state index contributed by atoms with van der Waals surface area (Å²) in [6.07, 6.45) is 4.79. The summed E-state index contributed by atoms with van der Waals surface area (Å²) in [5.74, 6) is -0.366. The summed E-state index contributed by atoms with van der Waals surface area (Å²) in [7, 11) is 0. The molecule has 0 atom stereocenters. The van der Waals surface area contributed by atoms with Crippen molar-refractivity contribution in [3.8, 4) is 0 Å². The fourth-order valence-corrected chi connectivity index (χ4v) is 0.258. The van der Waals surface area contributed by atoms with E-state index >= 15 is 0 Å². The van der Waals surface area contributed by atoms with Crippen molar-refractivity contribution in [2.24, 2.45) is 0 Å². The number of esters is 1. The van der Waals surface area contributed by atoms with Gasteiger partial charge < -0.3 is 4.74 Å². The van der Waals surface area contributed by atoms with Crippen LogP contribution in [0.1, 0.15) is 6.92 Å². The molecule has 0 aromatic carbocycles. The molecule has 0 unspecified atom stereocenters. The van der Waals surface area contributed by atoms with Gasteiger partial charge in [-0.15, -0.1) is 0 Å². The summed E-state index contributed by atoms with van der Waals surface area (Å²) in [6.45, 7) is 15.4. The zero-order chi connectivity index (χ0) is 10.7. The van der Waals surface area contributed by atoms with Crippen LogP contribution in [-0.2, 0) is 9.53 Å². The molecule has 0 rings (SSSR count). The van der Waals surface area contributed by atoms with Crippen LogP contribution in [0.3, 0.4) is 0 Å². The molecular weight excluding hydrogens is 164 g/mol. The molecular formula is C11H16O2. The average molecular weight is 180 g/mol. The van der Waals surface area contributed by atoms with Gasteiger partial charge in [0, 0.05) is 5.57 Å². The summed E-state index contributed by atoms with van der Waals surface area (Å²) in [5.41, 5.74) is 0.414. The van der Waals surface area contributed by atoms with Crippen molar-refractivity contribution in [1.82, 2.24) is 0 Å². The van der Waals surface area contributed by atoms with Crippen molar-refractivity contribution in [3.05, 3.63) is 50.1 Å². The quantitative estimate of drug-likeness (QED) is 0.288. The van der Waals surface area contributed by atoms with Crippen molar-refractivity contribution >= 4 is 5.97 Å². The number of carbonyl (C=O) groups is 1. The minimum absolute atomic E-state index is 0.256. The number of hydrogen-bond donors (Lipinski definition) is 0. The smallest absolute Gasteiger partial charge is 0.333 e. The lowest BCUT2D eigenvalue weighted by atomic mass is 10.4. The maximum Gasteiger partial charge on any atom is 0.333 e. The molecule has 0 radical (unpaired) electrons. The highest BCUT2D eigenvalue weighted by atomic mass is 16.5. The molecule has 0 saturated heterocycles. The predicted molar refractivity (Wildman–Crippen MR) is 56.4 cm³/mol. The first-order valence-electron chi connectivity index (χ1n) is 3.77. The van der Waals surface area contributed by atoms with Gasteiger partial charge in [0.05, 0.1) is 0 Å². The molecule has 0 amide bonds. The fourth-order valence-electron chi connectivity index (χ4n) is 0.258. The van der Waals surface area contributed by atoms with Crippen LogP contribution in [0, 0.1) is 0 Å². The van der Waals surface area contributed by atoms with Gasteiger partial charge in [0.25, 0.3) is 0 Å². The fraction of sp³-hybridized carbons (Fsp3) is 0.182. The van der Waals surface area contributed by atoms with Crippen LogP contribution in [-0.4, -0.2) is 12.6 Å². The Morgan fingerprint density at radius 3 is 2.00 bits per heavy atom. The third-order valence-corrected chi connectivity index (χ3v) is 0.847. The van der Waals surface area contributed by atoms with E-state index in [2.05, 4.69) is 31.1 Å². The van der Waals surface area contributed by atoms with E-state index in [1.54, 1.807) is 19.1 Å². The first-order valence-corrected chi connectivity index (χ1v) is 3.77. The van der Waals surface area contributed by atoms with Crippen LogP contribution in [0.15, 0.2) is 50.1 Å². The van der Waals surface area contributed by atoms with Crippen LogP contribution in [0.2, 0.25) is 0 Å². The molecule has 0 aromatic rings. The Morgan fingerprint density at radius 2 is 1.77 bits per heavy atom. The highest BCUT2D eigenvalue weighted by molar-refractivity contribution is 5.86. The van der Waals surface area contributed by atoms with Crippen LogP contribution in [0.25, 0.3) is 0 Å². The largest absolute Gasteiger partial charge is 0.458 e. The third kappa shape index (κ3) is 13.4. The molecule has 0 aromatic heterocycles. The first kappa shape index (κ1) is 14.0. The van der Waals surface area contributed by atoms with E-state index in [1.807, 2.05) is 0 Å². The Bertz CT molecular complexity index is 196. The number of ether oxygens (including phenoxy) is 1. The van der Waals surface area contributed by atoms with Gasteiger partial charge in [0.1, 0.15) is 6.61 Å². The van der Waals surface area contributed by atoms with E-state index in [4.69, 9.17) is 0 Å². The Labute approximate surface area is 79.9 Å². The molecule has 0 bridgehead atoms. The van der Waals surface area contributed by atoms with Crippen LogP contribution in [0.4, 0.5) is 0 Å². The first-order chi connectivity index (χ1) is 6.09. The van der Waals surface area contributed by atoms with Crippen LogP contribution < -0.4 is 0 Å². The molecule has 0 spiro atoms. The van der Waals surface area contributed by atoms with E-state index in [9.17, 15) is 4.79 Å². The van der Waals surface area contributed by atoms with Gasteiger partial charge in [-0.25, -0.2) is 4.79 Å². The Morgan fingerprint density at radius 1 is 1.31 bits per heavy atom. The number of carbonyl (C=O) groups excluding carboxylic acids is 1. The van der Waals surface area contributed by atoms with E-state index in [-0.39, 0.29) is 12.6 Å². The molecule has 0 aliphatic rings. The van der Waals surface area contributed by atoms with Gasteiger partial charge in [-0.2, -0.15) is 0 Å². The molecule has 0 aliphatic heterocycles. The highest BCUT2D eigenvalue weighted by Crippen LogP contribution is 1.90. The molecule has 0 saturated carbocycles. The lowest BCUT2D eigenvalue weighted by molar-refractivity contribution is -0.137. The Balaban J connectivity index is 0. The topological polar surface area (TPSA) is 26.3 Å². The lowest BCUT2D eigenvalue weighted by Crippen LogP contribution is -2.03. The average Bonchev–Trinajstić information content (AvgIpc) is 2.14. The summed E-state index contributed by atoms with van der Waals surface area (Å²) >= 11 is 0. The third-order valence-electron chi connectivity index (χ3n) is 0.847. The second kappa shape index (κ2) is 10.4. The molecule has 72 valence electrons. The maximum absolute atomic E-state index is 10.5. The van der Waals surface area contributed by atoms with Gasteiger partial charge in [-0.3, -0.25) is 0 Å². The van der Waals surface area contributed by atoms with E-state index < -0.39 is 0 Å². The number of allylic oxidation sites excluding steroid dienone is 2. The Hall–Kier alpha value is -1.57. The van der Waals surface area contributed by atoms with Crippen molar-refractivity contribution < 1.29 is 9.53 Å². The Kier molecular flexibility index (Phi) is 11.2. The zero-order valence-corrected chi connectivity index (χ0v) is 8.08. The second-order valence-corrected chi connectivity index (χ2v) is 2.14. The number of rotatable bonds is 4. The molecule has 2 nitrogen and oxygen atoms in total. The summed E-state index contributed by atoms with van der Waals surface area (Å²) in [5, 5.41) is 0. The highest BCUT2D eigenvalue weighted by Gasteiger charge is 1.98. The van der Waals surface area contributed by atoms with E-state index in [0.717, 1.165) is 0 Å². The minimum atomic E-state index is -0.366. The van der Waals surface area contributed by atoms with Gasteiger partial charge in [0.15, 0.2) is 0 Å². The van der Waals surface area contributed by atoms with Crippen molar-refractivity contribution in [3.63, 3.8) is 0 Å². The zero-order valence-electron chi connectivity index (χ0n) is 8.08. The molecule has 0 heterocycles. The second-order valence-electron chi connectivity index (χ2n) is 2.14. The minimum Gasteiger partial charge on any atom is -0.458 e. The predicted octanol–water partition coefficient (Wildman–Crippen LogP) is 2.65. The summed E-state index contributed by atoms with van der Waals surface area (Å²) in [4.78, 5) is 10.5. The van der Waals surface area contributed by atoms with Crippen molar-refractivity contribution in [1.29, 1.82) is 0 Å². The van der Waals surface area contributed by atoms with Crippen molar-refractivity contribution in [2.45, 2.75) is 6.92 Å². The normalized spacial score (nSPS) is 7.15. The van der Waals surface area contributed by atoms with Gasteiger partial charge in [-0.1, -0.05) is 44.5 Å². The molecule has 0 fully saturated rings. The molecule has 13 heavy (non-hydrogen) atoms. The molecule has 2 heteroatoms. The standard InChI is InChI=1S/C7H10O2.C4H6/c1-4-5-9-7(8)6(2)3;1-3-4-2/h4H,1-2,5H2,3H3;3-4H,1-2H2. The summed E-state index contributed by atoms with van der Waals surface area (Å²) < 4.78 is 4.60. The van der Waals surface area contributed by atoms with Gasteiger partial charge in [0.2, 0.25) is 0 Å².